The predicted octanol–water partition coefficient (Wildman–Crippen LogP) is 2.32. The first-order chi connectivity index (χ1) is 8.17. The van der Waals surface area contributed by atoms with Crippen LogP contribution in [0.4, 0.5) is 0 Å². The number of carbonyl (C=O) groups excluding carboxylic acids is 1. The zero-order chi connectivity index (χ0) is 12.7. The Morgan fingerprint density at radius 2 is 2.18 bits per heavy atom. The van der Waals surface area contributed by atoms with Crippen LogP contribution in [0.5, 0.6) is 5.75 Å². The van der Waals surface area contributed by atoms with E-state index in [1.54, 1.807) is 13.2 Å². The lowest BCUT2D eigenvalue weighted by molar-refractivity contribution is -0.117. The third-order valence-corrected chi connectivity index (χ3v) is 2.43. The summed E-state index contributed by atoms with van der Waals surface area (Å²) in [5.74, 6) is 0.800. The van der Waals surface area contributed by atoms with Crippen molar-refractivity contribution in [3.8, 4) is 5.75 Å². The summed E-state index contributed by atoms with van der Waals surface area (Å²) >= 11 is 0. The summed E-state index contributed by atoms with van der Waals surface area (Å²) in [4.78, 5) is 11.4. The number of para-hydroxylation sites is 1. The highest BCUT2D eigenvalue weighted by Gasteiger charge is 2.08. The van der Waals surface area contributed by atoms with Gasteiger partial charge in [0, 0.05) is 6.04 Å². The third-order valence-electron chi connectivity index (χ3n) is 2.43. The molecule has 1 N–H and O–H groups in total. The van der Waals surface area contributed by atoms with E-state index in [4.69, 9.17) is 4.74 Å². The first kappa shape index (κ1) is 13.3. The molecule has 1 aromatic carbocycles. The second-order valence-electron chi connectivity index (χ2n) is 3.93. The molecule has 17 heavy (non-hydrogen) atoms. The Bertz CT molecular complexity index is 399. The highest BCUT2D eigenvalue weighted by Crippen LogP contribution is 2.18. The van der Waals surface area contributed by atoms with E-state index in [0.717, 1.165) is 17.7 Å². The van der Waals surface area contributed by atoms with E-state index in [-0.39, 0.29) is 11.9 Å². The van der Waals surface area contributed by atoms with Gasteiger partial charge in [0.1, 0.15) is 5.75 Å². The Hall–Kier alpha value is -1.77. The highest BCUT2D eigenvalue weighted by atomic mass is 16.5. The monoisotopic (exact) mass is 233 g/mol. The average molecular weight is 233 g/mol. The van der Waals surface area contributed by atoms with E-state index in [1.165, 1.54) is 6.08 Å². The number of nitrogens with one attached hydrogen (secondary N) is 1. The van der Waals surface area contributed by atoms with E-state index < -0.39 is 0 Å². The van der Waals surface area contributed by atoms with Gasteiger partial charge in [-0.25, -0.2) is 0 Å². The molecular formula is C14H19NO2. The Morgan fingerprint density at radius 3 is 2.82 bits per heavy atom. The fourth-order valence-electron chi connectivity index (χ4n) is 1.69. The van der Waals surface area contributed by atoms with E-state index in [9.17, 15) is 4.79 Å². The number of methoxy groups -OCH3 is 1. The molecule has 0 saturated heterocycles. The van der Waals surface area contributed by atoms with Gasteiger partial charge in [-0.15, -0.1) is 0 Å². The number of benzene rings is 1. The molecule has 0 saturated carbocycles. The average Bonchev–Trinajstić information content (AvgIpc) is 2.29. The van der Waals surface area contributed by atoms with Crippen molar-refractivity contribution in [2.24, 2.45) is 0 Å². The van der Waals surface area contributed by atoms with Crippen LogP contribution < -0.4 is 10.1 Å². The Morgan fingerprint density at radius 1 is 1.47 bits per heavy atom. The lowest BCUT2D eigenvalue weighted by Crippen LogP contribution is -2.32. The van der Waals surface area contributed by atoms with E-state index in [2.05, 4.69) is 5.32 Å². The maximum atomic E-state index is 11.4. The van der Waals surface area contributed by atoms with E-state index in [0.29, 0.717) is 0 Å². The number of hydrogen-bond donors (Lipinski definition) is 1. The van der Waals surface area contributed by atoms with Gasteiger partial charge in [0.15, 0.2) is 0 Å². The minimum absolute atomic E-state index is 0.0603. The second kappa shape index (κ2) is 6.74. The van der Waals surface area contributed by atoms with Gasteiger partial charge in [0.25, 0.3) is 0 Å². The minimum Gasteiger partial charge on any atom is -0.496 e. The smallest absolute Gasteiger partial charge is 0.243 e. The molecule has 3 nitrogen and oxygen atoms in total. The number of ether oxygens (including phenoxy) is 1. The van der Waals surface area contributed by atoms with Gasteiger partial charge in [-0.1, -0.05) is 24.3 Å². The molecule has 0 aliphatic carbocycles. The van der Waals surface area contributed by atoms with Crippen molar-refractivity contribution in [1.82, 2.24) is 5.32 Å². The maximum Gasteiger partial charge on any atom is 0.243 e. The number of allylic oxidation sites excluding steroid dienone is 1. The fourth-order valence-corrected chi connectivity index (χ4v) is 1.69. The van der Waals surface area contributed by atoms with Crippen LogP contribution in [-0.4, -0.2) is 19.1 Å². The summed E-state index contributed by atoms with van der Waals surface area (Å²) in [5.41, 5.74) is 1.10. The SMILES string of the molecule is CC=CC(=O)NC(C)Cc1ccccc1OC. The molecule has 0 bridgehead atoms. The molecule has 92 valence electrons. The molecule has 1 amide bonds. The van der Waals surface area contributed by atoms with E-state index in [1.807, 2.05) is 38.1 Å². The zero-order valence-corrected chi connectivity index (χ0v) is 10.6. The summed E-state index contributed by atoms with van der Waals surface area (Å²) in [7, 11) is 1.65. The lowest BCUT2D eigenvalue weighted by atomic mass is 10.1. The van der Waals surface area contributed by atoms with Crippen molar-refractivity contribution in [3.63, 3.8) is 0 Å². The summed E-state index contributed by atoms with van der Waals surface area (Å²) in [6.45, 7) is 3.80. The van der Waals surface area contributed by atoms with Crippen LogP contribution in [0, 0.1) is 0 Å². The quantitative estimate of drug-likeness (QED) is 0.793. The molecule has 0 aliphatic rings. The van der Waals surface area contributed by atoms with Crippen LogP contribution >= 0.6 is 0 Å². The maximum absolute atomic E-state index is 11.4. The van der Waals surface area contributed by atoms with Crippen LogP contribution in [0.25, 0.3) is 0 Å². The first-order valence-electron chi connectivity index (χ1n) is 5.72. The van der Waals surface area contributed by atoms with Crippen LogP contribution in [0.1, 0.15) is 19.4 Å². The second-order valence-corrected chi connectivity index (χ2v) is 3.93. The van der Waals surface area contributed by atoms with Crippen molar-refractivity contribution in [2.45, 2.75) is 26.3 Å². The van der Waals surface area contributed by atoms with Gasteiger partial charge in [-0.2, -0.15) is 0 Å². The molecular weight excluding hydrogens is 214 g/mol. The van der Waals surface area contributed by atoms with Crippen LogP contribution in [0.15, 0.2) is 36.4 Å². The van der Waals surface area contributed by atoms with Gasteiger partial charge >= 0.3 is 0 Å². The Labute approximate surface area is 102 Å². The lowest BCUT2D eigenvalue weighted by Gasteiger charge is -2.14. The van der Waals surface area contributed by atoms with E-state index >= 15 is 0 Å². The van der Waals surface area contributed by atoms with Crippen molar-refractivity contribution < 1.29 is 9.53 Å². The molecule has 1 aromatic rings. The van der Waals surface area contributed by atoms with Crippen molar-refractivity contribution >= 4 is 5.91 Å². The molecule has 3 heteroatoms. The summed E-state index contributed by atoms with van der Waals surface area (Å²) < 4.78 is 5.27. The standard InChI is InChI=1S/C14H19NO2/c1-4-7-14(16)15-11(2)10-12-8-5-6-9-13(12)17-3/h4-9,11H,10H2,1-3H3,(H,15,16). The fraction of sp³-hybridized carbons (Fsp3) is 0.357. The van der Waals surface area contributed by atoms with Crippen LogP contribution in [0.2, 0.25) is 0 Å². The number of carbonyl (C=O) groups is 1. The van der Waals surface area contributed by atoms with Crippen molar-refractivity contribution in [3.05, 3.63) is 42.0 Å². The first-order valence-corrected chi connectivity index (χ1v) is 5.72. The van der Waals surface area contributed by atoms with Crippen molar-refractivity contribution in [2.75, 3.05) is 7.11 Å². The summed E-state index contributed by atoms with van der Waals surface area (Å²) in [6, 6.07) is 7.92. The molecule has 0 heterocycles. The molecule has 0 aromatic heterocycles. The van der Waals surface area contributed by atoms with Gasteiger partial charge in [-0.3, -0.25) is 4.79 Å². The van der Waals surface area contributed by atoms with Gasteiger partial charge < -0.3 is 10.1 Å². The molecule has 0 aliphatic heterocycles. The summed E-state index contributed by atoms with van der Waals surface area (Å²) in [5, 5.41) is 2.90. The number of amides is 1. The number of rotatable bonds is 5. The largest absolute Gasteiger partial charge is 0.496 e. The zero-order valence-electron chi connectivity index (χ0n) is 10.6. The van der Waals surface area contributed by atoms with Gasteiger partial charge in [0.2, 0.25) is 5.91 Å². The third kappa shape index (κ3) is 4.31. The topological polar surface area (TPSA) is 38.3 Å². The molecule has 1 unspecified atom stereocenters. The molecule has 0 radical (unpaired) electrons. The van der Waals surface area contributed by atoms with Crippen LogP contribution in [-0.2, 0) is 11.2 Å². The molecule has 1 rings (SSSR count). The Kier molecular flexibility index (Phi) is 5.27. The molecule has 0 spiro atoms. The minimum atomic E-state index is -0.0603. The Balaban J connectivity index is 2.61. The van der Waals surface area contributed by atoms with Gasteiger partial charge in [-0.05, 0) is 38.0 Å². The van der Waals surface area contributed by atoms with Crippen LogP contribution in [0.3, 0.4) is 0 Å². The predicted molar refractivity (Wildman–Crippen MR) is 69.1 cm³/mol. The molecule has 1 atom stereocenters. The van der Waals surface area contributed by atoms with Gasteiger partial charge in [0.05, 0.1) is 7.11 Å². The molecule has 0 fully saturated rings. The summed E-state index contributed by atoms with van der Waals surface area (Å²) in [6.07, 6.45) is 4.01. The normalized spacial score (nSPS) is 12.4. The highest BCUT2D eigenvalue weighted by molar-refractivity contribution is 5.87. The van der Waals surface area contributed by atoms with Crippen molar-refractivity contribution in [1.29, 1.82) is 0 Å². The number of hydrogen-bond acceptors (Lipinski definition) is 2.